The van der Waals surface area contributed by atoms with Crippen molar-refractivity contribution >= 4 is 7.28 Å². The number of hydrogen-bond acceptors (Lipinski definition) is 0. The maximum absolute atomic E-state index is 3.29. The van der Waals surface area contributed by atoms with Gasteiger partial charge in [0, 0.05) is 24.7 Å². The number of rotatable bonds is 6. The molecule has 0 N–H and O–H groups in total. The van der Waals surface area contributed by atoms with E-state index in [4.69, 9.17) is 0 Å². The fourth-order valence-electron chi connectivity index (χ4n) is 1.46. The lowest BCUT2D eigenvalue weighted by Gasteiger charge is -2.04. The molecule has 0 aliphatic rings. The molecule has 2 unspecified atom stereocenters. The molecule has 0 aromatic rings. The van der Waals surface area contributed by atoms with Gasteiger partial charge in [-0.25, -0.2) is 0 Å². The minimum absolute atomic E-state index is 0.498. The van der Waals surface area contributed by atoms with Crippen molar-refractivity contribution in [2.24, 2.45) is 11.8 Å². The second-order valence-corrected chi connectivity index (χ2v) is 4.70. The van der Waals surface area contributed by atoms with Crippen molar-refractivity contribution in [1.29, 1.82) is 0 Å². The van der Waals surface area contributed by atoms with Crippen LogP contribution in [0.15, 0.2) is 0 Å². The van der Waals surface area contributed by atoms with E-state index >= 15 is 0 Å². The first-order valence-corrected chi connectivity index (χ1v) is 6.99. The predicted octanol–water partition coefficient (Wildman–Crippen LogP) is 4.41. The van der Waals surface area contributed by atoms with Crippen LogP contribution in [0.3, 0.4) is 0 Å². The summed E-state index contributed by atoms with van der Waals surface area (Å²) in [6.07, 6.45) is 6.57. The normalized spacial score (nSPS) is 12.7. The monoisotopic (exact) mass is 229 g/mol. The molecule has 0 nitrogen and oxygen atoms in total. The van der Waals surface area contributed by atoms with Crippen LogP contribution in [0.5, 0.6) is 0 Å². The summed E-state index contributed by atoms with van der Waals surface area (Å²) >= 11 is 0. The Kier molecular flexibility index (Phi) is 11.1. The van der Waals surface area contributed by atoms with Gasteiger partial charge < -0.3 is 0 Å². The summed E-state index contributed by atoms with van der Waals surface area (Å²) in [5, 5.41) is 0. The largest absolute Gasteiger partial charge is 0.112 e. The zero-order chi connectivity index (χ0) is 12.9. The van der Waals surface area contributed by atoms with Gasteiger partial charge in [0.15, 0.2) is 0 Å². The van der Waals surface area contributed by atoms with Gasteiger partial charge in [-0.3, -0.25) is 0 Å². The van der Waals surface area contributed by atoms with E-state index in [1.165, 1.54) is 0 Å². The lowest BCUT2D eigenvalue weighted by molar-refractivity contribution is 0.816. The Hall–Kier alpha value is -0.815. The predicted molar refractivity (Wildman–Crippen MR) is 79.1 cm³/mol. The summed E-state index contributed by atoms with van der Waals surface area (Å²) in [6.45, 7) is 8.74. The summed E-state index contributed by atoms with van der Waals surface area (Å²) in [6, 6.07) is 0. The molecule has 2 atom stereocenters. The van der Waals surface area contributed by atoms with E-state index in [-0.39, 0.29) is 0 Å². The lowest BCUT2D eigenvalue weighted by atomic mass is 9.64. The third-order valence-corrected chi connectivity index (χ3v) is 2.49. The van der Waals surface area contributed by atoms with Gasteiger partial charge in [0.05, 0.1) is 0 Å². The molecule has 0 aliphatic carbocycles. The summed E-state index contributed by atoms with van der Waals surface area (Å²) in [4.78, 5) is 0. The molecule has 0 bridgehead atoms. The molecule has 0 spiro atoms. The van der Waals surface area contributed by atoms with E-state index < -0.39 is 0 Å². The number of unbranched alkanes of at least 4 members (excludes halogenated alkanes) is 2. The van der Waals surface area contributed by atoms with Crippen molar-refractivity contribution in [2.45, 2.75) is 66.0 Å². The Morgan fingerprint density at radius 3 is 1.59 bits per heavy atom. The van der Waals surface area contributed by atoms with Crippen molar-refractivity contribution in [3.63, 3.8) is 0 Å². The Labute approximate surface area is 109 Å². The smallest absolute Gasteiger partial charge is 0.103 e. The topological polar surface area (TPSA) is 0 Å². The molecule has 93 valence electrons. The minimum atomic E-state index is 0.498. The van der Waals surface area contributed by atoms with E-state index in [1.807, 2.05) is 0 Å². The molecule has 0 heterocycles. The molecule has 1 radical (unpaired) electrons. The van der Waals surface area contributed by atoms with Crippen LogP contribution >= 0.6 is 0 Å². The van der Waals surface area contributed by atoms with Gasteiger partial charge >= 0.3 is 0 Å². The second-order valence-electron chi connectivity index (χ2n) is 4.70. The van der Waals surface area contributed by atoms with Crippen LogP contribution in [0.2, 0.25) is 12.6 Å². The van der Waals surface area contributed by atoms with E-state index in [0.717, 1.165) is 38.3 Å². The first-order chi connectivity index (χ1) is 8.20. The summed E-state index contributed by atoms with van der Waals surface area (Å²) in [5.41, 5.74) is 0. The van der Waals surface area contributed by atoms with Crippen LogP contribution in [-0.4, -0.2) is 7.28 Å². The highest BCUT2D eigenvalue weighted by molar-refractivity contribution is 6.35. The van der Waals surface area contributed by atoms with E-state index in [2.05, 4.69) is 58.7 Å². The van der Waals surface area contributed by atoms with Crippen LogP contribution < -0.4 is 0 Å². The van der Waals surface area contributed by atoms with Gasteiger partial charge in [0.1, 0.15) is 7.28 Å². The van der Waals surface area contributed by atoms with Crippen LogP contribution in [0.25, 0.3) is 0 Å². The summed E-state index contributed by atoms with van der Waals surface area (Å²) in [7, 11) is 2.34. The molecule has 17 heavy (non-hydrogen) atoms. The van der Waals surface area contributed by atoms with Crippen LogP contribution in [-0.2, 0) is 0 Å². The molecular formula is C16H26B. The quantitative estimate of drug-likeness (QED) is 0.467. The standard InChI is InChI=1S/C16H26B/c1-5-7-9-11-15(3)13-17-14-16(4)12-10-8-6-2/h15-16H,5-8,13-14H2,1-4H3. The van der Waals surface area contributed by atoms with Crippen molar-refractivity contribution < 1.29 is 0 Å². The summed E-state index contributed by atoms with van der Waals surface area (Å²) in [5.74, 6) is 14.0. The molecule has 0 fully saturated rings. The maximum atomic E-state index is 3.29. The molecule has 0 saturated heterocycles. The maximum Gasteiger partial charge on any atom is 0.112 e. The van der Waals surface area contributed by atoms with E-state index in [9.17, 15) is 0 Å². The van der Waals surface area contributed by atoms with Crippen molar-refractivity contribution in [3.8, 4) is 23.7 Å². The van der Waals surface area contributed by atoms with E-state index in [0.29, 0.717) is 11.8 Å². The van der Waals surface area contributed by atoms with Gasteiger partial charge in [-0.05, 0) is 12.8 Å². The van der Waals surface area contributed by atoms with E-state index in [1.54, 1.807) is 0 Å². The highest BCUT2D eigenvalue weighted by Gasteiger charge is 2.02. The highest BCUT2D eigenvalue weighted by Crippen LogP contribution is 2.07. The molecule has 1 heteroatoms. The molecular weight excluding hydrogens is 203 g/mol. The molecule has 0 aromatic carbocycles. The Balaban J connectivity index is 3.63. The zero-order valence-electron chi connectivity index (χ0n) is 12.0. The van der Waals surface area contributed by atoms with Gasteiger partial charge in [0.25, 0.3) is 0 Å². The van der Waals surface area contributed by atoms with Gasteiger partial charge in [0.2, 0.25) is 0 Å². The molecule has 0 amide bonds. The van der Waals surface area contributed by atoms with Crippen molar-refractivity contribution in [3.05, 3.63) is 0 Å². The second kappa shape index (κ2) is 11.7. The fourth-order valence-corrected chi connectivity index (χ4v) is 1.46. The first kappa shape index (κ1) is 16.2. The fraction of sp³-hybridized carbons (Fsp3) is 0.750. The Morgan fingerprint density at radius 2 is 1.24 bits per heavy atom. The average Bonchev–Trinajstić information content (AvgIpc) is 2.30. The minimum Gasteiger partial charge on any atom is -0.103 e. The zero-order valence-corrected chi connectivity index (χ0v) is 12.0. The first-order valence-electron chi connectivity index (χ1n) is 6.99. The third-order valence-electron chi connectivity index (χ3n) is 2.49. The molecule has 0 aliphatic heterocycles. The van der Waals surface area contributed by atoms with Gasteiger partial charge in [-0.15, -0.1) is 23.7 Å². The summed E-state index contributed by atoms with van der Waals surface area (Å²) < 4.78 is 0. The molecule has 0 saturated carbocycles. The van der Waals surface area contributed by atoms with Gasteiger partial charge in [-0.1, -0.05) is 40.3 Å². The van der Waals surface area contributed by atoms with Crippen molar-refractivity contribution in [2.75, 3.05) is 0 Å². The Bertz CT molecular complexity index is 254. The van der Waals surface area contributed by atoms with Crippen LogP contribution in [0.4, 0.5) is 0 Å². The van der Waals surface area contributed by atoms with Crippen LogP contribution in [0.1, 0.15) is 53.4 Å². The SMILES string of the molecule is CCCC#CC(C)C[B]CC(C)C#CCCC. The highest BCUT2D eigenvalue weighted by atomic mass is 13.9. The Morgan fingerprint density at radius 1 is 0.824 bits per heavy atom. The number of hydrogen-bond donors (Lipinski definition) is 0. The average molecular weight is 229 g/mol. The van der Waals surface area contributed by atoms with Gasteiger partial charge in [-0.2, -0.15) is 0 Å². The van der Waals surface area contributed by atoms with Crippen molar-refractivity contribution in [1.82, 2.24) is 0 Å². The third kappa shape index (κ3) is 11.4. The molecule has 0 rings (SSSR count). The lowest BCUT2D eigenvalue weighted by Crippen LogP contribution is -2.02. The molecule has 0 aromatic heterocycles. The van der Waals surface area contributed by atoms with Crippen LogP contribution in [0, 0.1) is 35.5 Å².